The average molecular weight is 331 g/mol. The lowest BCUT2D eigenvalue weighted by atomic mass is 10.0. The summed E-state index contributed by atoms with van der Waals surface area (Å²) in [6.45, 7) is 3.48. The summed E-state index contributed by atoms with van der Waals surface area (Å²) in [5, 5.41) is 16.0. The highest BCUT2D eigenvalue weighted by molar-refractivity contribution is 6.36. The predicted octanol–water partition coefficient (Wildman–Crippen LogP) is 4.08. The maximum Gasteiger partial charge on any atom is 0.261 e. The van der Waals surface area contributed by atoms with E-state index >= 15 is 0 Å². The van der Waals surface area contributed by atoms with E-state index in [2.05, 4.69) is 5.16 Å². The molecule has 0 unspecified atom stereocenters. The number of anilines is 1. The van der Waals surface area contributed by atoms with Crippen molar-refractivity contribution in [1.82, 2.24) is 5.16 Å². The summed E-state index contributed by atoms with van der Waals surface area (Å²) < 4.78 is 5.09. The van der Waals surface area contributed by atoms with Crippen LogP contribution in [0.4, 0.5) is 5.69 Å². The fraction of sp³-hybridized carbons (Fsp3) is 0.176. The van der Waals surface area contributed by atoms with E-state index in [0.717, 1.165) is 0 Å². The molecule has 0 saturated carbocycles. The third kappa shape index (κ3) is 2.43. The van der Waals surface area contributed by atoms with E-state index in [1.54, 1.807) is 39.1 Å². The Bertz CT molecular complexity index is 898. The van der Waals surface area contributed by atoms with Crippen molar-refractivity contribution in [1.29, 1.82) is 0 Å². The van der Waals surface area contributed by atoms with Crippen molar-refractivity contribution in [3.8, 4) is 5.75 Å². The van der Waals surface area contributed by atoms with E-state index < -0.39 is 0 Å². The van der Waals surface area contributed by atoms with Crippen LogP contribution in [0.1, 0.15) is 21.8 Å². The zero-order valence-electron chi connectivity index (χ0n) is 12.9. The fourth-order valence-corrected chi connectivity index (χ4v) is 2.99. The van der Waals surface area contributed by atoms with Gasteiger partial charge in [0.05, 0.1) is 5.56 Å². The monoisotopic (exact) mass is 330 g/mol. The average Bonchev–Trinajstić information content (AvgIpc) is 2.88. The standard InChI is InChI=1S/C17H15ClN2O3/c1-9-15(10(2)23-19-9)20(3)17(22)13-8-14(18)11-6-4-5-7-12(11)16(13)21/h4-8,21H,1-3H3. The minimum absolute atomic E-state index is 0.0892. The largest absolute Gasteiger partial charge is 0.506 e. The maximum atomic E-state index is 12.8. The third-order valence-corrected chi connectivity index (χ3v) is 4.14. The molecule has 6 heteroatoms. The van der Waals surface area contributed by atoms with Crippen molar-refractivity contribution in [2.24, 2.45) is 0 Å². The number of rotatable bonds is 2. The van der Waals surface area contributed by atoms with E-state index in [1.807, 2.05) is 6.07 Å². The highest BCUT2D eigenvalue weighted by Crippen LogP contribution is 2.36. The number of aromatic hydroxyl groups is 1. The van der Waals surface area contributed by atoms with Crippen molar-refractivity contribution in [3.63, 3.8) is 0 Å². The minimum Gasteiger partial charge on any atom is -0.506 e. The number of aryl methyl sites for hydroxylation is 2. The SMILES string of the molecule is Cc1noc(C)c1N(C)C(=O)c1cc(Cl)c2ccccc2c1O. The van der Waals surface area contributed by atoms with Gasteiger partial charge in [0, 0.05) is 22.8 Å². The molecule has 0 saturated heterocycles. The summed E-state index contributed by atoms with van der Waals surface area (Å²) in [4.78, 5) is 14.2. The van der Waals surface area contributed by atoms with Crippen LogP contribution >= 0.6 is 11.6 Å². The Balaban J connectivity index is 2.13. The number of phenols is 1. The highest BCUT2D eigenvalue weighted by Gasteiger charge is 2.24. The molecule has 1 N–H and O–H groups in total. The van der Waals surface area contributed by atoms with Crippen LogP contribution in [-0.2, 0) is 0 Å². The number of aromatic nitrogens is 1. The van der Waals surface area contributed by atoms with Gasteiger partial charge in [-0.3, -0.25) is 4.79 Å². The number of nitrogens with zero attached hydrogens (tertiary/aromatic N) is 2. The molecule has 0 spiro atoms. The second kappa shape index (κ2) is 5.59. The Kier molecular flexibility index (Phi) is 3.74. The molecule has 118 valence electrons. The number of hydrogen-bond acceptors (Lipinski definition) is 4. The van der Waals surface area contributed by atoms with Gasteiger partial charge in [0.15, 0.2) is 5.76 Å². The smallest absolute Gasteiger partial charge is 0.261 e. The van der Waals surface area contributed by atoms with E-state index in [4.69, 9.17) is 16.1 Å². The first kappa shape index (κ1) is 15.4. The van der Waals surface area contributed by atoms with Crippen molar-refractivity contribution in [3.05, 3.63) is 52.4 Å². The highest BCUT2D eigenvalue weighted by atomic mass is 35.5. The van der Waals surface area contributed by atoms with Crippen LogP contribution in [0, 0.1) is 13.8 Å². The van der Waals surface area contributed by atoms with E-state index in [0.29, 0.717) is 32.9 Å². The molecule has 0 radical (unpaired) electrons. The van der Waals surface area contributed by atoms with Gasteiger partial charge in [0.1, 0.15) is 17.1 Å². The van der Waals surface area contributed by atoms with Gasteiger partial charge in [-0.1, -0.05) is 41.0 Å². The van der Waals surface area contributed by atoms with Crippen LogP contribution in [-0.4, -0.2) is 23.2 Å². The molecule has 0 aliphatic rings. The second-order valence-corrected chi connectivity index (χ2v) is 5.74. The van der Waals surface area contributed by atoms with Crippen molar-refractivity contribution in [2.45, 2.75) is 13.8 Å². The lowest BCUT2D eigenvalue weighted by Crippen LogP contribution is -2.27. The summed E-state index contributed by atoms with van der Waals surface area (Å²) in [5.74, 6) is 0.0582. The number of hydrogen-bond donors (Lipinski definition) is 1. The molecule has 3 aromatic rings. The molecule has 1 heterocycles. The Hall–Kier alpha value is -2.53. The molecule has 0 aliphatic carbocycles. The van der Waals surface area contributed by atoms with Gasteiger partial charge in [-0.2, -0.15) is 0 Å². The van der Waals surface area contributed by atoms with Gasteiger partial charge in [0.25, 0.3) is 5.91 Å². The zero-order chi connectivity index (χ0) is 16.7. The summed E-state index contributed by atoms with van der Waals surface area (Å²) in [5.41, 5.74) is 1.32. The van der Waals surface area contributed by atoms with Gasteiger partial charge in [0.2, 0.25) is 0 Å². The minimum atomic E-state index is -0.385. The van der Waals surface area contributed by atoms with Gasteiger partial charge in [-0.05, 0) is 19.9 Å². The normalized spacial score (nSPS) is 11.0. The topological polar surface area (TPSA) is 66.6 Å². The van der Waals surface area contributed by atoms with Crippen molar-refractivity contribution >= 4 is 34.0 Å². The number of halogens is 1. The number of fused-ring (bicyclic) bond motifs is 1. The molecule has 0 bridgehead atoms. The van der Waals surface area contributed by atoms with Crippen LogP contribution in [0.15, 0.2) is 34.9 Å². The number of carbonyl (C=O) groups is 1. The molecular weight excluding hydrogens is 316 g/mol. The number of amides is 1. The van der Waals surface area contributed by atoms with E-state index in [1.165, 1.54) is 11.0 Å². The summed E-state index contributed by atoms with van der Waals surface area (Å²) >= 11 is 6.26. The van der Waals surface area contributed by atoms with Gasteiger partial charge in [-0.15, -0.1) is 0 Å². The Morgan fingerprint density at radius 1 is 1.26 bits per heavy atom. The summed E-state index contributed by atoms with van der Waals surface area (Å²) in [7, 11) is 1.61. The van der Waals surface area contributed by atoms with Gasteiger partial charge < -0.3 is 14.5 Å². The number of phenolic OH excluding ortho intramolecular Hbond substituents is 1. The molecule has 5 nitrogen and oxygen atoms in total. The first-order valence-electron chi connectivity index (χ1n) is 7.03. The quantitative estimate of drug-likeness (QED) is 0.768. The third-order valence-electron chi connectivity index (χ3n) is 3.83. The van der Waals surface area contributed by atoms with Crippen LogP contribution in [0.25, 0.3) is 10.8 Å². The fourth-order valence-electron chi connectivity index (χ4n) is 2.72. The Morgan fingerprint density at radius 3 is 2.52 bits per heavy atom. The molecule has 3 rings (SSSR count). The van der Waals surface area contributed by atoms with Gasteiger partial charge in [-0.25, -0.2) is 0 Å². The van der Waals surface area contributed by atoms with Crippen LogP contribution in [0.2, 0.25) is 5.02 Å². The van der Waals surface area contributed by atoms with Crippen LogP contribution in [0.5, 0.6) is 5.75 Å². The lowest BCUT2D eigenvalue weighted by Gasteiger charge is -2.18. The maximum absolute atomic E-state index is 12.8. The molecule has 23 heavy (non-hydrogen) atoms. The van der Waals surface area contributed by atoms with Crippen molar-refractivity contribution < 1.29 is 14.4 Å². The Labute approximate surface area is 138 Å². The Morgan fingerprint density at radius 2 is 1.91 bits per heavy atom. The second-order valence-electron chi connectivity index (χ2n) is 5.34. The van der Waals surface area contributed by atoms with Crippen molar-refractivity contribution in [2.75, 3.05) is 11.9 Å². The zero-order valence-corrected chi connectivity index (χ0v) is 13.7. The molecule has 1 amide bonds. The van der Waals surface area contributed by atoms with Gasteiger partial charge >= 0.3 is 0 Å². The predicted molar refractivity (Wildman–Crippen MR) is 89.3 cm³/mol. The number of benzene rings is 2. The van der Waals surface area contributed by atoms with Crippen LogP contribution < -0.4 is 4.90 Å². The summed E-state index contributed by atoms with van der Waals surface area (Å²) in [6, 6.07) is 8.61. The van der Waals surface area contributed by atoms with E-state index in [-0.39, 0.29) is 17.2 Å². The molecule has 2 aromatic carbocycles. The molecule has 1 aromatic heterocycles. The first-order chi connectivity index (χ1) is 10.9. The molecule has 0 aliphatic heterocycles. The van der Waals surface area contributed by atoms with E-state index in [9.17, 15) is 9.90 Å². The molecule has 0 fully saturated rings. The molecule has 0 atom stereocenters. The van der Waals surface area contributed by atoms with Crippen LogP contribution in [0.3, 0.4) is 0 Å². The lowest BCUT2D eigenvalue weighted by molar-refractivity contribution is 0.0990. The first-order valence-corrected chi connectivity index (χ1v) is 7.40. The number of carbonyl (C=O) groups excluding carboxylic acids is 1. The summed E-state index contributed by atoms with van der Waals surface area (Å²) in [6.07, 6.45) is 0. The molecular formula is C17H15ClN2O3.